The van der Waals surface area contributed by atoms with Gasteiger partial charge in [-0.25, -0.2) is 0 Å². The standard InChI is InChI=1S/C14H29NO2/c1-11-5-6-12(7-11)8-15-9-13(16)10-17-14(2,3)4/h11-13,15-16H,5-10H2,1-4H3. The lowest BCUT2D eigenvalue weighted by molar-refractivity contribution is -0.0479. The van der Waals surface area contributed by atoms with Crippen LogP contribution in [0.3, 0.4) is 0 Å². The fourth-order valence-electron chi connectivity index (χ4n) is 2.37. The molecule has 1 fully saturated rings. The highest BCUT2D eigenvalue weighted by Gasteiger charge is 2.21. The van der Waals surface area contributed by atoms with Gasteiger partial charge >= 0.3 is 0 Å². The van der Waals surface area contributed by atoms with Crippen LogP contribution >= 0.6 is 0 Å². The molecule has 0 saturated heterocycles. The van der Waals surface area contributed by atoms with Gasteiger partial charge in [0.05, 0.1) is 18.3 Å². The second-order valence-electron chi connectivity index (χ2n) is 6.52. The van der Waals surface area contributed by atoms with Crippen LogP contribution in [0.5, 0.6) is 0 Å². The van der Waals surface area contributed by atoms with E-state index in [4.69, 9.17) is 4.74 Å². The molecule has 102 valence electrons. The summed E-state index contributed by atoms with van der Waals surface area (Å²) in [6.45, 7) is 10.4. The van der Waals surface area contributed by atoms with E-state index in [0.717, 1.165) is 18.4 Å². The smallest absolute Gasteiger partial charge is 0.0897 e. The lowest BCUT2D eigenvalue weighted by atomic mass is 10.1. The Morgan fingerprint density at radius 2 is 2.06 bits per heavy atom. The maximum absolute atomic E-state index is 9.75. The van der Waals surface area contributed by atoms with Crippen LogP contribution in [-0.4, -0.2) is 36.5 Å². The number of rotatable bonds is 6. The van der Waals surface area contributed by atoms with Crippen molar-refractivity contribution in [3.05, 3.63) is 0 Å². The molecule has 17 heavy (non-hydrogen) atoms. The maximum atomic E-state index is 9.75. The average molecular weight is 243 g/mol. The molecule has 2 N–H and O–H groups in total. The van der Waals surface area contributed by atoms with Crippen molar-refractivity contribution >= 4 is 0 Å². The first-order valence-electron chi connectivity index (χ1n) is 6.89. The number of hydrogen-bond donors (Lipinski definition) is 2. The van der Waals surface area contributed by atoms with Gasteiger partial charge in [0.1, 0.15) is 0 Å². The van der Waals surface area contributed by atoms with Crippen LogP contribution in [0, 0.1) is 11.8 Å². The number of nitrogens with one attached hydrogen (secondary N) is 1. The summed E-state index contributed by atoms with van der Waals surface area (Å²) < 4.78 is 5.54. The molecule has 1 saturated carbocycles. The minimum absolute atomic E-state index is 0.165. The number of hydrogen-bond acceptors (Lipinski definition) is 3. The van der Waals surface area contributed by atoms with Gasteiger partial charge < -0.3 is 15.2 Å². The Hall–Kier alpha value is -0.120. The highest BCUT2D eigenvalue weighted by molar-refractivity contribution is 4.75. The van der Waals surface area contributed by atoms with E-state index in [0.29, 0.717) is 13.2 Å². The van der Waals surface area contributed by atoms with Crippen LogP contribution in [0.2, 0.25) is 0 Å². The first-order valence-corrected chi connectivity index (χ1v) is 6.89. The topological polar surface area (TPSA) is 41.5 Å². The Balaban J connectivity index is 2.02. The van der Waals surface area contributed by atoms with Gasteiger partial charge in [0.2, 0.25) is 0 Å². The molecule has 0 heterocycles. The number of aliphatic hydroxyl groups excluding tert-OH is 1. The SMILES string of the molecule is CC1CCC(CNCC(O)COC(C)(C)C)C1. The fraction of sp³-hybridized carbons (Fsp3) is 1.00. The zero-order chi connectivity index (χ0) is 12.9. The fourth-order valence-corrected chi connectivity index (χ4v) is 2.37. The predicted octanol–water partition coefficient (Wildman–Crippen LogP) is 2.19. The van der Waals surface area contributed by atoms with E-state index in [1.807, 2.05) is 20.8 Å². The lowest BCUT2D eigenvalue weighted by Gasteiger charge is -2.22. The molecule has 1 aliphatic rings. The predicted molar refractivity (Wildman–Crippen MR) is 71.1 cm³/mol. The molecule has 1 aliphatic carbocycles. The first kappa shape index (κ1) is 14.9. The molecule has 0 aromatic heterocycles. The highest BCUT2D eigenvalue weighted by Crippen LogP contribution is 2.29. The van der Waals surface area contributed by atoms with Gasteiger partial charge in [-0.2, -0.15) is 0 Å². The van der Waals surface area contributed by atoms with Gasteiger partial charge in [0.25, 0.3) is 0 Å². The quantitative estimate of drug-likeness (QED) is 0.751. The Kier molecular flexibility index (Phi) is 5.90. The van der Waals surface area contributed by atoms with Crippen LogP contribution < -0.4 is 5.32 Å². The normalized spacial score (nSPS) is 27.4. The van der Waals surface area contributed by atoms with Gasteiger partial charge in [-0.3, -0.25) is 0 Å². The summed E-state index contributed by atoms with van der Waals surface area (Å²) in [5.41, 5.74) is -0.165. The molecule has 0 spiro atoms. The van der Waals surface area contributed by atoms with Crippen LogP contribution in [0.25, 0.3) is 0 Å². The summed E-state index contributed by atoms with van der Waals surface area (Å²) in [5, 5.41) is 13.1. The zero-order valence-electron chi connectivity index (χ0n) is 11.8. The van der Waals surface area contributed by atoms with Gasteiger partial charge in [0.15, 0.2) is 0 Å². The van der Waals surface area contributed by atoms with Crippen molar-refractivity contribution in [2.45, 2.75) is 58.7 Å². The molecule has 3 atom stereocenters. The van der Waals surface area contributed by atoms with Crippen molar-refractivity contribution < 1.29 is 9.84 Å². The van der Waals surface area contributed by atoms with Crippen molar-refractivity contribution in [3.8, 4) is 0 Å². The van der Waals surface area contributed by atoms with Crippen molar-refractivity contribution in [1.82, 2.24) is 5.32 Å². The van der Waals surface area contributed by atoms with Crippen molar-refractivity contribution in [3.63, 3.8) is 0 Å². The summed E-state index contributed by atoms with van der Waals surface area (Å²) in [6, 6.07) is 0. The van der Waals surface area contributed by atoms with Gasteiger partial charge in [-0.15, -0.1) is 0 Å². The van der Waals surface area contributed by atoms with E-state index < -0.39 is 6.10 Å². The minimum Gasteiger partial charge on any atom is -0.389 e. The minimum atomic E-state index is -0.395. The first-order chi connectivity index (χ1) is 7.87. The summed E-state index contributed by atoms with van der Waals surface area (Å²) in [5.74, 6) is 1.69. The van der Waals surface area contributed by atoms with Gasteiger partial charge in [0, 0.05) is 6.54 Å². The van der Waals surface area contributed by atoms with Crippen LogP contribution in [0.15, 0.2) is 0 Å². The molecule has 0 bridgehead atoms. The largest absolute Gasteiger partial charge is 0.389 e. The van der Waals surface area contributed by atoms with E-state index in [-0.39, 0.29) is 5.60 Å². The second-order valence-corrected chi connectivity index (χ2v) is 6.52. The average Bonchev–Trinajstić information content (AvgIpc) is 2.60. The molecule has 0 aromatic carbocycles. The molecule has 0 radical (unpaired) electrons. The molecular weight excluding hydrogens is 214 g/mol. The second kappa shape index (κ2) is 6.72. The molecule has 0 aromatic rings. The summed E-state index contributed by atoms with van der Waals surface area (Å²) in [6.07, 6.45) is 3.64. The van der Waals surface area contributed by atoms with Gasteiger partial charge in [-0.1, -0.05) is 13.3 Å². The van der Waals surface area contributed by atoms with Crippen LogP contribution in [0.1, 0.15) is 47.0 Å². The van der Waals surface area contributed by atoms with Crippen molar-refractivity contribution in [1.29, 1.82) is 0 Å². The van der Waals surface area contributed by atoms with E-state index in [9.17, 15) is 5.11 Å². The highest BCUT2D eigenvalue weighted by atomic mass is 16.5. The van der Waals surface area contributed by atoms with Gasteiger partial charge in [-0.05, 0) is 52.0 Å². The summed E-state index contributed by atoms with van der Waals surface area (Å²) >= 11 is 0. The van der Waals surface area contributed by atoms with Crippen molar-refractivity contribution in [2.24, 2.45) is 11.8 Å². The van der Waals surface area contributed by atoms with E-state index >= 15 is 0 Å². The Morgan fingerprint density at radius 1 is 1.35 bits per heavy atom. The Labute approximate surface area is 106 Å². The van der Waals surface area contributed by atoms with Crippen LogP contribution in [-0.2, 0) is 4.74 Å². The molecule has 3 nitrogen and oxygen atoms in total. The summed E-state index contributed by atoms with van der Waals surface area (Å²) in [7, 11) is 0. The zero-order valence-corrected chi connectivity index (χ0v) is 11.8. The summed E-state index contributed by atoms with van der Waals surface area (Å²) in [4.78, 5) is 0. The number of aliphatic hydroxyl groups is 1. The van der Waals surface area contributed by atoms with Crippen LogP contribution in [0.4, 0.5) is 0 Å². The third kappa shape index (κ3) is 7.02. The monoisotopic (exact) mass is 243 g/mol. The van der Waals surface area contributed by atoms with E-state index in [1.165, 1.54) is 19.3 Å². The lowest BCUT2D eigenvalue weighted by Crippen LogP contribution is -2.35. The molecule has 1 rings (SSSR count). The molecule has 0 amide bonds. The molecule has 0 aliphatic heterocycles. The van der Waals surface area contributed by atoms with E-state index in [2.05, 4.69) is 12.2 Å². The number of ether oxygens (including phenoxy) is 1. The maximum Gasteiger partial charge on any atom is 0.0897 e. The molecule has 3 unspecified atom stereocenters. The molecular formula is C14H29NO2. The Bertz CT molecular complexity index is 213. The third-order valence-electron chi connectivity index (χ3n) is 3.33. The third-order valence-corrected chi connectivity index (χ3v) is 3.33. The Morgan fingerprint density at radius 3 is 2.59 bits per heavy atom. The van der Waals surface area contributed by atoms with E-state index in [1.54, 1.807) is 0 Å². The molecule has 3 heteroatoms. The van der Waals surface area contributed by atoms with Crippen molar-refractivity contribution in [2.75, 3.05) is 19.7 Å².